The lowest BCUT2D eigenvalue weighted by atomic mass is 9.97. The maximum Gasteiger partial charge on any atom is 0.303 e. The minimum Gasteiger partial charge on any atom is -0.481 e. The third-order valence-electron chi connectivity index (χ3n) is 3.38. The summed E-state index contributed by atoms with van der Waals surface area (Å²) in [5, 5.41) is 8.82. The standard InChI is InChI=1S/C14H17NO4/c1-8(6-13(16)17)10-4-5-11-12(7-10)19-9(2)14(18)15(11)3/h4-5,7-9H,6H2,1-3H3,(H,16,17). The summed E-state index contributed by atoms with van der Waals surface area (Å²) in [5.41, 5.74) is 1.62. The summed E-state index contributed by atoms with van der Waals surface area (Å²) < 4.78 is 5.57. The Labute approximate surface area is 111 Å². The molecule has 0 saturated heterocycles. The lowest BCUT2D eigenvalue weighted by Crippen LogP contribution is -2.41. The minimum absolute atomic E-state index is 0.0725. The summed E-state index contributed by atoms with van der Waals surface area (Å²) in [7, 11) is 1.71. The van der Waals surface area contributed by atoms with Crippen molar-refractivity contribution >= 4 is 17.6 Å². The van der Waals surface area contributed by atoms with Crippen molar-refractivity contribution in [2.75, 3.05) is 11.9 Å². The number of anilines is 1. The lowest BCUT2D eigenvalue weighted by molar-refractivity contribution is -0.137. The number of ether oxygens (including phenoxy) is 1. The number of rotatable bonds is 3. The number of carbonyl (C=O) groups is 2. The highest BCUT2D eigenvalue weighted by atomic mass is 16.5. The fraction of sp³-hybridized carbons (Fsp3) is 0.429. The molecular weight excluding hydrogens is 246 g/mol. The Bertz CT molecular complexity index is 526. The molecular formula is C14H17NO4. The zero-order chi connectivity index (χ0) is 14.2. The zero-order valence-electron chi connectivity index (χ0n) is 11.2. The number of hydrogen-bond acceptors (Lipinski definition) is 3. The predicted molar refractivity (Wildman–Crippen MR) is 70.6 cm³/mol. The van der Waals surface area contributed by atoms with Gasteiger partial charge in [0.2, 0.25) is 0 Å². The SMILES string of the molecule is CC1Oc2cc(C(C)CC(=O)O)ccc2N(C)C1=O. The molecule has 1 aromatic rings. The molecule has 1 aliphatic rings. The number of amides is 1. The van der Waals surface area contributed by atoms with E-state index < -0.39 is 12.1 Å². The van der Waals surface area contributed by atoms with Gasteiger partial charge in [-0.05, 0) is 30.5 Å². The van der Waals surface area contributed by atoms with Crippen LogP contribution in [-0.4, -0.2) is 30.1 Å². The van der Waals surface area contributed by atoms with Gasteiger partial charge in [-0.3, -0.25) is 9.59 Å². The molecule has 1 aromatic carbocycles. The second-order valence-corrected chi connectivity index (χ2v) is 4.88. The van der Waals surface area contributed by atoms with Crippen LogP contribution in [0.1, 0.15) is 31.7 Å². The normalized spacial score (nSPS) is 19.6. The van der Waals surface area contributed by atoms with Gasteiger partial charge in [-0.25, -0.2) is 0 Å². The molecule has 0 aliphatic carbocycles. The molecule has 1 heterocycles. The molecule has 102 valence electrons. The molecule has 5 heteroatoms. The summed E-state index contributed by atoms with van der Waals surface area (Å²) in [5.74, 6) is -0.375. The highest BCUT2D eigenvalue weighted by Crippen LogP contribution is 2.36. The Kier molecular flexibility index (Phi) is 3.46. The van der Waals surface area contributed by atoms with Crippen LogP contribution in [0.25, 0.3) is 0 Å². The number of aliphatic carboxylic acids is 1. The van der Waals surface area contributed by atoms with Gasteiger partial charge in [-0.15, -0.1) is 0 Å². The van der Waals surface area contributed by atoms with Crippen molar-refractivity contribution in [2.45, 2.75) is 32.3 Å². The average Bonchev–Trinajstić information content (AvgIpc) is 2.34. The number of hydrogen-bond donors (Lipinski definition) is 1. The minimum atomic E-state index is -0.827. The molecule has 0 radical (unpaired) electrons. The maximum absolute atomic E-state index is 11.8. The lowest BCUT2D eigenvalue weighted by Gasteiger charge is -2.30. The van der Waals surface area contributed by atoms with E-state index in [1.54, 1.807) is 24.9 Å². The summed E-state index contributed by atoms with van der Waals surface area (Å²) >= 11 is 0. The monoisotopic (exact) mass is 263 g/mol. The first kappa shape index (κ1) is 13.4. The van der Waals surface area contributed by atoms with Crippen LogP contribution < -0.4 is 9.64 Å². The molecule has 0 saturated carbocycles. The van der Waals surface area contributed by atoms with E-state index in [0.717, 1.165) is 11.3 Å². The van der Waals surface area contributed by atoms with Crippen molar-refractivity contribution in [3.63, 3.8) is 0 Å². The third-order valence-corrected chi connectivity index (χ3v) is 3.38. The van der Waals surface area contributed by atoms with E-state index >= 15 is 0 Å². The Hall–Kier alpha value is -2.04. The van der Waals surface area contributed by atoms with Gasteiger partial charge < -0.3 is 14.7 Å². The average molecular weight is 263 g/mol. The smallest absolute Gasteiger partial charge is 0.303 e. The number of benzene rings is 1. The number of carboxylic acids is 1. The second-order valence-electron chi connectivity index (χ2n) is 4.88. The molecule has 5 nitrogen and oxygen atoms in total. The first-order valence-electron chi connectivity index (χ1n) is 6.20. The summed E-state index contributed by atoms with van der Waals surface area (Å²) in [6.45, 7) is 3.56. The molecule has 2 atom stereocenters. The van der Waals surface area contributed by atoms with E-state index in [9.17, 15) is 9.59 Å². The van der Waals surface area contributed by atoms with Gasteiger partial charge in [0, 0.05) is 7.05 Å². The van der Waals surface area contributed by atoms with Gasteiger partial charge in [0.25, 0.3) is 5.91 Å². The topological polar surface area (TPSA) is 66.8 Å². The number of nitrogens with zero attached hydrogens (tertiary/aromatic N) is 1. The molecule has 0 fully saturated rings. The molecule has 1 aliphatic heterocycles. The zero-order valence-corrected chi connectivity index (χ0v) is 11.2. The van der Waals surface area contributed by atoms with Crippen LogP contribution in [0, 0.1) is 0 Å². The first-order chi connectivity index (χ1) is 8.90. The third kappa shape index (κ3) is 2.54. The van der Waals surface area contributed by atoms with Crippen LogP contribution >= 0.6 is 0 Å². The van der Waals surface area contributed by atoms with Crippen molar-refractivity contribution in [3.05, 3.63) is 23.8 Å². The molecule has 2 unspecified atom stereocenters. The van der Waals surface area contributed by atoms with Crippen molar-refractivity contribution in [3.8, 4) is 5.75 Å². The summed E-state index contributed by atoms with van der Waals surface area (Å²) in [6, 6.07) is 5.46. The molecule has 19 heavy (non-hydrogen) atoms. The molecule has 1 N–H and O–H groups in total. The van der Waals surface area contributed by atoms with E-state index in [-0.39, 0.29) is 18.2 Å². The van der Waals surface area contributed by atoms with Gasteiger partial charge in [0.15, 0.2) is 6.10 Å². The highest BCUT2D eigenvalue weighted by Gasteiger charge is 2.29. The Morgan fingerprint density at radius 3 is 2.84 bits per heavy atom. The van der Waals surface area contributed by atoms with Gasteiger partial charge in [0.05, 0.1) is 12.1 Å². The maximum atomic E-state index is 11.8. The quantitative estimate of drug-likeness (QED) is 0.905. The highest BCUT2D eigenvalue weighted by molar-refractivity contribution is 5.99. The molecule has 1 amide bonds. The van der Waals surface area contributed by atoms with E-state index in [4.69, 9.17) is 9.84 Å². The van der Waals surface area contributed by atoms with Crippen molar-refractivity contribution in [1.29, 1.82) is 0 Å². The van der Waals surface area contributed by atoms with Crippen LogP contribution in [0.2, 0.25) is 0 Å². The van der Waals surface area contributed by atoms with Crippen LogP contribution in [0.3, 0.4) is 0 Å². The van der Waals surface area contributed by atoms with Crippen LogP contribution in [0.5, 0.6) is 5.75 Å². The van der Waals surface area contributed by atoms with Gasteiger partial charge in [-0.1, -0.05) is 13.0 Å². The molecule has 0 spiro atoms. The second kappa shape index (κ2) is 4.91. The number of fused-ring (bicyclic) bond motifs is 1. The van der Waals surface area contributed by atoms with E-state index in [0.29, 0.717) is 5.75 Å². The largest absolute Gasteiger partial charge is 0.481 e. The fourth-order valence-electron chi connectivity index (χ4n) is 2.22. The fourth-order valence-corrected chi connectivity index (χ4v) is 2.22. The summed E-state index contributed by atoms with van der Waals surface area (Å²) in [6.07, 6.45) is -0.439. The van der Waals surface area contributed by atoms with E-state index in [1.165, 1.54) is 0 Å². The molecule has 0 aromatic heterocycles. The first-order valence-corrected chi connectivity index (χ1v) is 6.20. The summed E-state index contributed by atoms with van der Waals surface area (Å²) in [4.78, 5) is 24.1. The van der Waals surface area contributed by atoms with Gasteiger partial charge >= 0.3 is 5.97 Å². The van der Waals surface area contributed by atoms with E-state index in [2.05, 4.69) is 0 Å². The van der Waals surface area contributed by atoms with Gasteiger partial charge in [0.1, 0.15) is 5.75 Å². The Morgan fingerprint density at radius 1 is 1.53 bits per heavy atom. The number of likely N-dealkylation sites (N-methyl/N-ethyl adjacent to an activating group) is 1. The van der Waals surface area contributed by atoms with Crippen molar-refractivity contribution in [1.82, 2.24) is 0 Å². The predicted octanol–water partition coefficient (Wildman–Crippen LogP) is 2.01. The Morgan fingerprint density at radius 2 is 2.21 bits per heavy atom. The van der Waals surface area contributed by atoms with Crippen LogP contribution in [0.4, 0.5) is 5.69 Å². The van der Waals surface area contributed by atoms with Crippen LogP contribution in [-0.2, 0) is 9.59 Å². The van der Waals surface area contributed by atoms with Gasteiger partial charge in [-0.2, -0.15) is 0 Å². The van der Waals surface area contributed by atoms with Crippen LogP contribution in [0.15, 0.2) is 18.2 Å². The van der Waals surface area contributed by atoms with Crippen molar-refractivity contribution < 1.29 is 19.4 Å². The van der Waals surface area contributed by atoms with Crippen molar-refractivity contribution in [2.24, 2.45) is 0 Å². The number of carboxylic acid groups (broad SMARTS) is 1. The molecule has 0 bridgehead atoms. The molecule has 2 rings (SSSR count). The number of carbonyl (C=O) groups excluding carboxylic acids is 1. The Balaban J connectivity index is 2.32. The van der Waals surface area contributed by atoms with E-state index in [1.807, 2.05) is 19.1 Å².